The summed E-state index contributed by atoms with van der Waals surface area (Å²) in [4.78, 5) is 41.2. The molecule has 262 valence electrons. The number of allylic oxidation sites excluding steroid dienone is 2. The first kappa shape index (κ1) is 34.9. The quantitative estimate of drug-likeness (QED) is 0.235. The number of esters is 1. The minimum Gasteiger partial charge on any atom is -0.496 e. The summed E-state index contributed by atoms with van der Waals surface area (Å²) in [5.41, 5.74) is 0.642. The highest BCUT2D eigenvalue weighted by Gasteiger charge is 2.72. The van der Waals surface area contributed by atoms with Crippen LogP contribution in [0.5, 0.6) is 5.75 Å². The lowest BCUT2D eigenvalue weighted by Crippen LogP contribution is -2.68. The highest BCUT2D eigenvalue weighted by Crippen LogP contribution is 2.75. The third-order valence-electron chi connectivity index (χ3n) is 15.4. The van der Waals surface area contributed by atoms with E-state index < -0.39 is 28.9 Å². The largest absolute Gasteiger partial charge is 0.496 e. The zero-order chi connectivity index (χ0) is 35.0. The summed E-state index contributed by atoms with van der Waals surface area (Å²) >= 11 is 0. The van der Waals surface area contributed by atoms with E-state index in [-0.39, 0.29) is 40.5 Å². The number of carbonyl (C=O) groups is 3. The Labute approximate surface area is 286 Å². The molecule has 5 aliphatic rings. The van der Waals surface area contributed by atoms with Gasteiger partial charge in [-0.25, -0.2) is 4.79 Å². The molecule has 11 atom stereocenters. The molecule has 7 nitrogen and oxygen atoms in total. The number of hydrogen-bond donors (Lipinski definition) is 2. The van der Waals surface area contributed by atoms with Gasteiger partial charge in [-0.1, -0.05) is 59.2 Å². The van der Waals surface area contributed by atoms with Crippen LogP contribution in [0.15, 0.2) is 35.9 Å². The maximum atomic E-state index is 14.7. The molecular weight excluding hydrogens is 604 g/mol. The lowest BCUT2D eigenvalue weighted by atomic mass is 9.33. The van der Waals surface area contributed by atoms with E-state index in [1.807, 2.05) is 6.08 Å². The van der Waals surface area contributed by atoms with Crippen molar-refractivity contribution in [2.75, 3.05) is 7.11 Å². The zero-order valence-corrected chi connectivity index (χ0v) is 30.2. The van der Waals surface area contributed by atoms with Gasteiger partial charge in [0.15, 0.2) is 5.78 Å². The Kier molecular flexibility index (Phi) is 8.62. The molecule has 1 aromatic carbocycles. The Morgan fingerprint density at radius 3 is 2.38 bits per heavy atom. The van der Waals surface area contributed by atoms with Gasteiger partial charge in [0.05, 0.1) is 13.7 Å². The van der Waals surface area contributed by atoms with Gasteiger partial charge in [-0.15, -0.1) is 0 Å². The third kappa shape index (κ3) is 4.87. The number of carbonyl (C=O) groups excluding carboxylic acids is 2. The van der Waals surface area contributed by atoms with Gasteiger partial charge in [-0.3, -0.25) is 9.59 Å². The van der Waals surface area contributed by atoms with Crippen LogP contribution >= 0.6 is 0 Å². The second kappa shape index (κ2) is 11.8. The van der Waals surface area contributed by atoms with Crippen LogP contribution in [0.1, 0.15) is 111 Å². The van der Waals surface area contributed by atoms with Gasteiger partial charge in [-0.2, -0.15) is 0 Å². The summed E-state index contributed by atoms with van der Waals surface area (Å²) in [5, 5.41) is 20.4. The van der Waals surface area contributed by atoms with E-state index in [4.69, 9.17) is 9.47 Å². The maximum Gasteiger partial charge on any atom is 0.331 e. The van der Waals surface area contributed by atoms with Gasteiger partial charge in [0.25, 0.3) is 0 Å². The number of methoxy groups -OCH3 is 1. The third-order valence-corrected chi connectivity index (χ3v) is 15.4. The molecule has 0 radical (unpaired) electrons. The Hall–Kier alpha value is -2.93. The predicted octanol–water partition coefficient (Wildman–Crippen LogP) is 8.03. The molecule has 0 heterocycles. The summed E-state index contributed by atoms with van der Waals surface area (Å²) in [6.45, 7) is 15.8. The van der Waals surface area contributed by atoms with Crippen LogP contribution in [0.2, 0.25) is 0 Å². The molecule has 0 aromatic heterocycles. The number of ether oxygens (including phenoxy) is 2. The van der Waals surface area contributed by atoms with E-state index >= 15 is 0 Å². The number of benzene rings is 1. The van der Waals surface area contributed by atoms with Crippen molar-refractivity contribution in [2.45, 2.75) is 113 Å². The van der Waals surface area contributed by atoms with E-state index in [1.165, 1.54) is 31.6 Å². The monoisotopic (exact) mass is 660 g/mol. The summed E-state index contributed by atoms with van der Waals surface area (Å²) in [6, 6.07) is 5.23. The number of carboxylic acids is 1. The van der Waals surface area contributed by atoms with Crippen molar-refractivity contribution in [2.24, 2.45) is 56.7 Å². The van der Waals surface area contributed by atoms with Crippen LogP contribution in [0.3, 0.4) is 0 Å². The van der Waals surface area contributed by atoms with Crippen molar-refractivity contribution in [3.05, 3.63) is 47.1 Å². The number of carboxylic acid groups (broad SMARTS) is 1. The number of fused-ring (bicyclic) bond motifs is 7. The fraction of sp³-hybridized carbons (Fsp3) is 0.683. The molecule has 4 fully saturated rings. The highest BCUT2D eigenvalue weighted by atomic mass is 16.5. The number of aliphatic hydroxyl groups excluding tert-OH is 1. The van der Waals surface area contributed by atoms with Gasteiger partial charge in [0.2, 0.25) is 0 Å². The summed E-state index contributed by atoms with van der Waals surface area (Å²) < 4.78 is 11.3. The van der Waals surface area contributed by atoms with Crippen molar-refractivity contribution in [1.82, 2.24) is 0 Å². The van der Waals surface area contributed by atoms with Crippen molar-refractivity contribution in [3.8, 4) is 5.75 Å². The molecule has 3 unspecified atom stereocenters. The minimum atomic E-state index is -1.34. The normalized spacial score (nSPS) is 43.7. The Morgan fingerprint density at radius 1 is 0.979 bits per heavy atom. The topological polar surface area (TPSA) is 110 Å². The molecule has 0 aliphatic heterocycles. The smallest absolute Gasteiger partial charge is 0.331 e. The van der Waals surface area contributed by atoms with Gasteiger partial charge in [-0.05, 0) is 127 Å². The Bertz CT molecular complexity index is 1560. The molecule has 0 saturated heterocycles. The first-order valence-corrected chi connectivity index (χ1v) is 18.2. The predicted molar refractivity (Wildman–Crippen MR) is 185 cm³/mol. The average Bonchev–Trinajstić information content (AvgIpc) is 3.04. The van der Waals surface area contributed by atoms with E-state index in [2.05, 4.69) is 41.5 Å². The van der Waals surface area contributed by atoms with Crippen LogP contribution < -0.4 is 4.74 Å². The van der Waals surface area contributed by atoms with E-state index in [1.54, 1.807) is 31.2 Å². The van der Waals surface area contributed by atoms with Gasteiger partial charge >= 0.3 is 11.9 Å². The van der Waals surface area contributed by atoms with Crippen LogP contribution in [0.4, 0.5) is 0 Å². The van der Waals surface area contributed by atoms with Gasteiger partial charge < -0.3 is 19.7 Å². The molecular formula is C41H56O7. The fourth-order valence-corrected chi connectivity index (χ4v) is 12.2. The molecule has 0 spiro atoms. The average molecular weight is 661 g/mol. The van der Waals surface area contributed by atoms with E-state index in [9.17, 15) is 24.6 Å². The van der Waals surface area contributed by atoms with E-state index in [0.717, 1.165) is 19.3 Å². The van der Waals surface area contributed by atoms with Crippen LogP contribution in [-0.4, -0.2) is 41.1 Å². The molecule has 0 bridgehead atoms. The van der Waals surface area contributed by atoms with Crippen molar-refractivity contribution < 1.29 is 34.1 Å². The Morgan fingerprint density at radius 2 is 1.71 bits per heavy atom. The lowest BCUT2D eigenvalue weighted by molar-refractivity contribution is -0.220. The SMILES string of the molecule is COc1cc(/C=C/C(=O)O[C@@H]2CC[C@@]3(C)C(CC[C@]4(C)C3C(=O)C=C3C5[C@@H](C)[C@H](C)CC[C@]5(C)CC[C@]34C)[C@@]2(C)C(=O)O)ccc1CO. The van der Waals surface area contributed by atoms with Crippen molar-refractivity contribution >= 4 is 23.8 Å². The maximum absolute atomic E-state index is 14.7. The zero-order valence-electron chi connectivity index (χ0n) is 30.2. The fourth-order valence-electron chi connectivity index (χ4n) is 12.2. The molecule has 4 saturated carbocycles. The van der Waals surface area contributed by atoms with E-state index in [0.29, 0.717) is 53.9 Å². The number of rotatable bonds is 6. The molecule has 0 amide bonds. The van der Waals surface area contributed by atoms with Crippen LogP contribution in [-0.2, 0) is 25.7 Å². The summed E-state index contributed by atoms with van der Waals surface area (Å²) in [5.74, 6) is 0.0511. The second-order valence-electron chi connectivity index (χ2n) is 17.4. The Balaban J connectivity index is 1.30. The summed E-state index contributed by atoms with van der Waals surface area (Å²) in [7, 11) is 1.52. The number of aliphatic hydroxyl groups is 1. The molecule has 1 aromatic rings. The molecule has 48 heavy (non-hydrogen) atoms. The van der Waals surface area contributed by atoms with Crippen molar-refractivity contribution in [1.29, 1.82) is 0 Å². The molecule has 7 heteroatoms. The molecule has 5 aliphatic carbocycles. The minimum absolute atomic E-state index is 0.124. The lowest BCUT2D eigenvalue weighted by Gasteiger charge is -2.70. The first-order valence-electron chi connectivity index (χ1n) is 18.2. The number of ketones is 1. The van der Waals surface area contributed by atoms with Crippen LogP contribution in [0.25, 0.3) is 6.08 Å². The molecule has 2 N–H and O–H groups in total. The van der Waals surface area contributed by atoms with Crippen LogP contribution in [0, 0.1) is 56.7 Å². The molecule has 6 rings (SSSR count). The first-order chi connectivity index (χ1) is 22.5. The van der Waals surface area contributed by atoms with Crippen molar-refractivity contribution in [3.63, 3.8) is 0 Å². The van der Waals surface area contributed by atoms with Gasteiger partial charge in [0.1, 0.15) is 17.3 Å². The standard InChI is InChI=1S/C41H56O7/c1-24-13-16-37(3)19-20-39(5)28(34(37)25(24)2)22-29(43)35-38(4)17-15-32(41(7,36(45)46)31(38)14-18-40(35,39)6)48-33(44)12-10-26-9-11-27(23-42)30(21-26)47-8/h9-12,21-22,24-25,31-32,34-35,42H,13-20,23H2,1-8H3,(H,45,46)/b12-10+/t24-,25+,31?,32-,34?,35?,37-,38+,39-,40-,41-/m1/s1. The highest BCUT2D eigenvalue weighted by molar-refractivity contribution is 5.96. The second-order valence-corrected chi connectivity index (χ2v) is 17.4. The van der Waals surface area contributed by atoms with Gasteiger partial charge in [0, 0.05) is 17.6 Å². The number of aliphatic carboxylic acids is 1. The summed E-state index contributed by atoms with van der Waals surface area (Å²) in [6.07, 6.45) is 11.3. The number of hydrogen-bond acceptors (Lipinski definition) is 6.